The second kappa shape index (κ2) is 6.33. The molecule has 0 aliphatic carbocycles. The zero-order chi connectivity index (χ0) is 13.8. The van der Waals surface area contributed by atoms with Crippen molar-refractivity contribution in [2.45, 2.75) is 26.3 Å². The van der Waals surface area contributed by atoms with Gasteiger partial charge in [0.15, 0.2) is 0 Å². The molecule has 0 aliphatic rings. The average Bonchev–Trinajstić information content (AvgIpc) is 2.39. The van der Waals surface area contributed by atoms with Crippen molar-refractivity contribution in [1.29, 1.82) is 0 Å². The van der Waals surface area contributed by atoms with Gasteiger partial charge >= 0.3 is 0 Å². The van der Waals surface area contributed by atoms with Crippen LogP contribution in [0.2, 0.25) is 0 Å². The Morgan fingerprint density at radius 2 is 1.95 bits per heavy atom. The first-order valence-corrected chi connectivity index (χ1v) is 7.25. The molecular weight excluding hydrogens is 300 g/mol. The van der Waals surface area contributed by atoms with E-state index in [2.05, 4.69) is 77.7 Å². The molecule has 1 unspecified atom stereocenters. The van der Waals surface area contributed by atoms with Crippen molar-refractivity contribution in [3.63, 3.8) is 0 Å². The molecule has 2 aromatic carbocycles. The minimum atomic E-state index is 0.0164. The number of nitrogens with one attached hydrogen (secondary N) is 1. The van der Waals surface area contributed by atoms with E-state index in [4.69, 9.17) is 5.84 Å². The number of benzene rings is 2. The molecule has 100 valence electrons. The minimum absolute atomic E-state index is 0.0164. The van der Waals surface area contributed by atoms with E-state index in [0.29, 0.717) is 0 Å². The fraction of sp³-hybridized carbons (Fsp3) is 0.250. The molecule has 0 saturated heterocycles. The fourth-order valence-electron chi connectivity index (χ4n) is 2.31. The SMILES string of the molecule is CCc1cccc(C(NN)c2cc(C)cc(Br)c2)c1. The van der Waals surface area contributed by atoms with Gasteiger partial charge in [0.2, 0.25) is 0 Å². The van der Waals surface area contributed by atoms with Crippen LogP contribution in [-0.2, 0) is 6.42 Å². The van der Waals surface area contributed by atoms with Gasteiger partial charge in [0.25, 0.3) is 0 Å². The van der Waals surface area contributed by atoms with E-state index in [0.717, 1.165) is 10.9 Å². The third kappa shape index (κ3) is 3.44. The van der Waals surface area contributed by atoms with Crippen LogP contribution in [0.3, 0.4) is 0 Å². The van der Waals surface area contributed by atoms with E-state index in [-0.39, 0.29) is 6.04 Å². The summed E-state index contributed by atoms with van der Waals surface area (Å²) in [7, 11) is 0. The van der Waals surface area contributed by atoms with E-state index in [9.17, 15) is 0 Å². The van der Waals surface area contributed by atoms with Gasteiger partial charge < -0.3 is 0 Å². The largest absolute Gasteiger partial charge is 0.271 e. The van der Waals surface area contributed by atoms with Crippen molar-refractivity contribution >= 4 is 15.9 Å². The lowest BCUT2D eigenvalue weighted by atomic mass is 9.96. The molecule has 2 aromatic rings. The zero-order valence-electron chi connectivity index (χ0n) is 11.3. The maximum Gasteiger partial charge on any atom is 0.0710 e. The van der Waals surface area contributed by atoms with E-state index in [1.807, 2.05) is 0 Å². The first-order valence-electron chi connectivity index (χ1n) is 6.46. The van der Waals surface area contributed by atoms with Crippen LogP contribution in [0.4, 0.5) is 0 Å². The van der Waals surface area contributed by atoms with Gasteiger partial charge in [-0.2, -0.15) is 0 Å². The second-order valence-electron chi connectivity index (χ2n) is 4.76. The van der Waals surface area contributed by atoms with Gasteiger partial charge in [0.1, 0.15) is 0 Å². The van der Waals surface area contributed by atoms with Crippen LogP contribution in [0, 0.1) is 6.92 Å². The molecule has 1 atom stereocenters. The van der Waals surface area contributed by atoms with Crippen LogP contribution in [0.1, 0.15) is 35.2 Å². The lowest BCUT2D eigenvalue weighted by Gasteiger charge is -2.18. The Hall–Kier alpha value is -1.16. The van der Waals surface area contributed by atoms with E-state index < -0.39 is 0 Å². The lowest BCUT2D eigenvalue weighted by Crippen LogP contribution is -2.29. The molecule has 0 saturated carbocycles. The summed E-state index contributed by atoms with van der Waals surface area (Å²) < 4.78 is 1.08. The second-order valence-corrected chi connectivity index (χ2v) is 5.68. The number of hydrazine groups is 1. The van der Waals surface area contributed by atoms with Crippen LogP contribution < -0.4 is 11.3 Å². The number of aryl methyl sites for hydroxylation is 2. The van der Waals surface area contributed by atoms with E-state index in [1.54, 1.807) is 0 Å². The molecule has 19 heavy (non-hydrogen) atoms. The first kappa shape index (κ1) is 14.3. The molecule has 0 bridgehead atoms. The van der Waals surface area contributed by atoms with Crippen molar-refractivity contribution in [2.75, 3.05) is 0 Å². The highest BCUT2D eigenvalue weighted by Gasteiger charge is 2.13. The molecule has 3 heteroatoms. The predicted molar refractivity (Wildman–Crippen MR) is 83.9 cm³/mol. The molecular formula is C16H19BrN2. The summed E-state index contributed by atoms with van der Waals surface area (Å²) >= 11 is 3.54. The van der Waals surface area contributed by atoms with Gasteiger partial charge in [-0.1, -0.05) is 53.2 Å². The van der Waals surface area contributed by atoms with E-state index >= 15 is 0 Å². The third-order valence-electron chi connectivity index (χ3n) is 3.26. The molecule has 0 heterocycles. The molecule has 2 nitrogen and oxygen atoms in total. The maximum absolute atomic E-state index is 5.76. The summed E-state index contributed by atoms with van der Waals surface area (Å²) in [5, 5.41) is 0. The average molecular weight is 319 g/mol. The van der Waals surface area contributed by atoms with Crippen LogP contribution >= 0.6 is 15.9 Å². The number of hydrogen-bond donors (Lipinski definition) is 2. The van der Waals surface area contributed by atoms with Gasteiger partial charge in [-0.15, -0.1) is 0 Å². The monoisotopic (exact) mass is 318 g/mol. The Kier molecular flexibility index (Phi) is 4.75. The number of halogens is 1. The number of nitrogens with two attached hydrogens (primary N) is 1. The topological polar surface area (TPSA) is 38.0 Å². The minimum Gasteiger partial charge on any atom is -0.271 e. The summed E-state index contributed by atoms with van der Waals surface area (Å²) in [6, 6.07) is 14.9. The highest BCUT2D eigenvalue weighted by atomic mass is 79.9. The molecule has 0 aromatic heterocycles. The van der Waals surface area contributed by atoms with Crippen molar-refractivity contribution < 1.29 is 0 Å². The highest BCUT2D eigenvalue weighted by Crippen LogP contribution is 2.26. The number of rotatable bonds is 4. The van der Waals surface area contributed by atoms with Gasteiger partial charge in [-0.05, 0) is 47.7 Å². The van der Waals surface area contributed by atoms with Crippen molar-refractivity contribution in [1.82, 2.24) is 5.43 Å². The van der Waals surface area contributed by atoms with Crippen LogP contribution in [0.25, 0.3) is 0 Å². The Morgan fingerprint density at radius 3 is 2.58 bits per heavy atom. The van der Waals surface area contributed by atoms with Crippen molar-refractivity contribution in [2.24, 2.45) is 5.84 Å². The number of hydrogen-bond acceptors (Lipinski definition) is 2. The molecule has 2 rings (SSSR count). The summed E-state index contributed by atoms with van der Waals surface area (Å²) in [6.45, 7) is 4.25. The standard InChI is InChI=1S/C16H19BrN2/c1-3-12-5-4-6-13(9-12)16(19-18)14-7-11(2)8-15(17)10-14/h4-10,16,19H,3,18H2,1-2H3. The van der Waals surface area contributed by atoms with Gasteiger partial charge in [0, 0.05) is 4.47 Å². The smallest absolute Gasteiger partial charge is 0.0710 e. The third-order valence-corrected chi connectivity index (χ3v) is 3.71. The molecule has 0 spiro atoms. The lowest BCUT2D eigenvalue weighted by molar-refractivity contribution is 0.635. The Morgan fingerprint density at radius 1 is 1.16 bits per heavy atom. The molecule has 0 radical (unpaired) electrons. The molecule has 0 fully saturated rings. The quantitative estimate of drug-likeness (QED) is 0.663. The molecule has 0 amide bonds. The Balaban J connectivity index is 2.43. The molecule has 0 aliphatic heterocycles. The zero-order valence-corrected chi connectivity index (χ0v) is 12.9. The van der Waals surface area contributed by atoms with E-state index in [1.165, 1.54) is 22.3 Å². The normalized spacial score (nSPS) is 12.4. The highest BCUT2D eigenvalue weighted by molar-refractivity contribution is 9.10. The van der Waals surface area contributed by atoms with Crippen LogP contribution in [-0.4, -0.2) is 0 Å². The van der Waals surface area contributed by atoms with Crippen LogP contribution in [0.5, 0.6) is 0 Å². The summed E-state index contributed by atoms with van der Waals surface area (Å²) in [5.74, 6) is 5.76. The molecule has 3 N–H and O–H groups in total. The van der Waals surface area contributed by atoms with Gasteiger partial charge in [-0.25, -0.2) is 5.43 Å². The fourth-order valence-corrected chi connectivity index (χ4v) is 2.93. The van der Waals surface area contributed by atoms with Crippen LogP contribution in [0.15, 0.2) is 46.9 Å². The summed E-state index contributed by atoms with van der Waals surface area (Å²) in [6.07, 6.45) is 1.03. The van der Waals surface area contributed by atoms with Crippen molar-refractivity contribution in [3.05, 3.63) is 69.2 Å². The van der Waals surface area contributed by atoms with Gasteiger partial charge in [0.05, 0.1) is 6.04 Å². The van der Waals surface area contributed by atoms with Crippen molar-refractivity contribution in [3.8, 4) is 0 Å². The predicted octanol–water partition coefficient (Wildman–Crippen LogP) is 3.87. The van der Waals surface area contributed by atoms with Gasteiger partial charge in [-0.3, -0.25) is 5.84 Å². The maximum atomic E-state index is 5.76. The Labute approximate surface area is 123 Å². The first-order chi connectivity index (χ1) is 9.13. The Bertz CT molecular complexity index is 546. The summed E-state index contributed by atoms with van der Waals surface area (Å²) in [4.78, 5) is 0. The summed E-state index contributed by atoms with van der Waals surface area (Å²) in [5.41, 5.74) is 7.82.